The molecule has 18 heavy (non-hydrogen) atoms. The maximum Gasteiger partial charge on any atom is 0.324 e. The molecule has 1 aromatic heterocycles. The lowest BCUT2D eigenvalue weighted by atomic mass is 10.2. The Bertz CT molecular complexity index is 361. The Morgan fingerprint density at radius 3 is 2.44 bits per heavy atom. The van der Waals surface area contributed by atoms with Crippen molar-refractivity contribution >= 4 is 11.6 Å². The number of hydrogen-bond acceptors (Lipinski definition) is 5. The molecule has 0 bridgehead atoms. The molecule has 102 valence electrons. The van der Waals surface area contributed by atoms with Gasteiger partial charge in [-0.2, -0.15) is 9.97 Å². The van der Waals surface area contributed by atoms with Gasteiger partial charge in [0.2, 0.25) is 5.28 Å². The van der Waals surface area contributed by atoms with Gasteiger partial charge in [-0.25, -0.2) is 0 Å². The third kappa shape index (κ3) is 6.00. The van der Waals surface area contributed by atoms with Crippen LogP contribution >= 0.6 is 11.6 Å². The fraction of sp³-hybridized carbons (Fsp3) is 0.750. The van der Waals surface area contributed by atoms with E-state index in [1.807, 2.05) is 13.8 Å². The van der Waals surface area contributed by atoms with Crippen molar-refractivity contribution in [3.8, 4) is 12.0 Å². The maximum atomic E-state index is 5.77. The van der Waals surface area contributed by atoms with Gasteiger partial charge in [0.1, 0.15) is 0 Å². The zero-order valence-electron chi connectivity index (χ0n) is 11.1. The highest BCUT2D eigenvalue weighted by Gasteiger charge is 2.08. The van der Waals surface area contributed by atoms with Crippen LogP contribution in [-0.4, -0.2) is 27.7 Å². The van der Waals surface area contributed by atoms with Crippen LogP contribution < -0.4 is 9.47 Å². The minimum Gasteiger partial charge on any atom is -0.463 e. The van der Waals surface area contributed by atoms with Crippen LogP contribution in [0.5, 0.6) is 12.0 Å². The number of rotatable bonds is 8. The van der Waals surface area contributed by atoms with E-state index in [1.165, 1.54) is 12.8 Å². The van der Waals surface area contributed by atoms with Crippen LogP contribution in [0.1, 0.15) is 46.5 Å². The summed E-state index contributed by atoms with van der Waals surface area (Å²) < 4.78 is 10.8. The van der Waals surface area contributed by atoms with Gasteiger partial charge in [0.25, 0.3) is 0 Å². The van der Waals surface area contributed by atoms with Crippen molar-refractivity contribution in [3.05, 3.63) is 5.28 Å². The molecule has 0 spiro atoms. The van der Waals surface area contributed by atoms with Crippen LogP contribution in [0.2, 0.25) is 5.28 Å². The molecule has 0 radical (unpaired) electrons. The van der Waals surface area contributed by atoms with Gasteiger partial charge in [-0.15, -0.1) is 4.98 Å². The highest BCUT2D eigenvalue weighted by molar-refractivity contribution is 6.28. The van der Waals surface area contributed by atoms with E-state index in [0.29, 0.717) is 6.61 Å². The van der Waals surface area contributed by atoms with Gasteiger partial charge in [-0.3, -0.25) is 0 Å². The maximum absolute atomic E-state index is 5.77. The summed E-state index contributed by atoms with van der Waals surface area (Å²) in [5.74, 6) is 0. The van der Waals surface area contributed by atoms with E-state index in [0.717, 1.165) is 12.8 Å². The number of unbranched alkanes of at least 4 members (excludes halogenated alkanes) is 3. The molecule has 0 aromatic carbocycles. The second kappa shape index (κ2) is 8.08. The van der Waals surface area contributed by atoms with E-state index >= 15 is 0 Å². The van der Waals surface area contributed by atoms with Crippen LogP contribution in [0.25, 0.3) is 0 Å². The molecule has 0 saturated carbocycles. The lowest BCUT2D eigenvalue weighted by Crippen LogP contribution is -2.10. The summed E-state index contributed by atoms with van der Waals surface area (Å²) in [7, 11) is 0. The molecule has 0 aliphatic carbocycles. The molecule has 1 aromatic rings. The molecule has 6 heteroatoms. The molecule has 0 aliphatic rings. The molecule has 1 rings (SSSR count). The SMILES string of the molecule is CCCCCCOc1nc(Cl)nc(OC(C)C)n1. The Labute approximate surface area is 113 Å². The van der Waals surface area contributed by atoms with Crippen molar-refractivity contribution in [3.63, 3.8) is 0 Å². The number of aromatic nitrogens is 3. The summed E-state index contributed by atoms with van der Waals surface area (Å²) in [6, 6.07) is 0.427. The van der Waals surface area contributed by atoms with Crippen molar-refractivity contribution in [1.29, 1.82) is 0 Å². The van der Waals surface area contributed by atoms with Gasteiger partial charge in [-0.05, 0) is 31.9 Å². The van der Waals surface area contributed by atoms with Crippen molar-refractivity contribution in [1.82, 2.24) is 15.0 Å². The van der Waals surface area contributed by atoms with E-state index < -0.39 is 0 Å². The molecule has 1 heterocycles. The lowest BCUT2D eigenvalue weighted by Gasteiger charge is -2.09. The van der Waals surface area contributed by atoms with Gasteiger partial charge < -0.3 is 9.47 Å². The van der Waals surface area contributed by atoms with Crippen LogP contribution in [0.15, 0.2) is 0 Å². The van der Waals surface area contributed by atoms with Gasteiger partial charge in [-0.1, -0.05) is 26.2 Å². The van der Waals surface area contributed by atoms with Gasteiger partial charge >= 0.3 is 12.0 Å². The molecule has 0 aliphatic heterocycles. The second-order valence-electron chi connectivity index (χ2n) is 4.25. The van der Waals surface area contributed by atoms with E-state index in [2.05, 4.69) is 21.9 Å². The average molecular weight is 274 g/mol. The van der Waals surface area contributed by atoms with Crippen LogP contribution in [0.3, 0.4) is 0 Å². The zero-order chi connectivity index (χ0) is 13.4. The summed E-state index contributed by atoms with van der Waals surface area (Å²) in [6.07, 6.45) is 4.52. The van der Waals surface area contributed by atoms with E-state index in [9.17, 15) is 0 Å². The highest BCUT2D eigenvalue weighted by atomic mass is 35.5. The molecule has 0 unspecified atom stereocenters. The third-order valence-corrected chi connectivity index (χ3v) is 2.31. The van der Waals surface area contributed by atoms with Crippen LogP contribution in [0.4, 0.5) is 0 Å². The van der Waals surface area contributed by atoms with Crippen LogP contribution in [-0.2, 0) is 0 Å². The molecular formula is C12H20ClN3O2. The summed E-state index contributed by atoms with van der Waals surface area (Å²) in [6.45, 7) is 6.54. The Morgan fingerprint density at radius 2 is 1.78 bits per heavy atom. The molecule has 0 N–H and O–H groups in total. The van der Waals surface area contributed by atoms with Gasteiger partial charge in [0.05, 0.1) is 12.7 Å². The highest BCUT2D eigenvalue weighted by Crippen LogP contribution is 2.14. The molecule has 0 atom stereocenters. The molecule has 5 nitrogen and oxygen atoms in total. The predicted octanol–water partition coefficient (Wildman–Crippen LogP) is 3.27. The smallest absolute Gasteiger partial charge is 0.324 e. The summed E-state index contributed by atoms with van der Waals surface area (Å²) in [4.78, 5) is 11.8. The molecular weight excluding hydrogens is 254 g/mol. The first-order valence-electron chi connectivity index (χ1n) is 6.33. The van der Waals surface area contributed by atoms with Gasteiger partial charge in [0.15, 0.2) is 0 Å². The first kappa shape index (κ1) is 15.0. The Kier molecular flexibility index (Phi) is 6.72. The number of nitrogens with zero attached hydrogens (tertiary/aromatic N) is 3. The average Bonchev–Trinajstić information content (AvgIpc) is 2.27. The largest absolute Gasteiger partial charge is 0.463 e. The number of halogens is 1. The number of hydrogen-bond donors (Lipinski definition) is 0. The Morgan fingerprint density at radius 1 is 1.06 bits per heavy atom. The standard InChI is InChI=1S/C12H20ClN3O2/c1-4-5-6-7-8-17-11-14-10(13)15-12(16-11)18-9(2)3/h9H,4-8H2,1-3H3. The second-order valence-corrected chi connectivity index (χ2v) is 4.58. The van der Waals surface area contributed by atoms with Crippen LogP contribution in [0, 0.1) is 0 Å². The fourth-order valence-electron chi connectivity index (χ4n) is 1.34. The first-order chi connectivity index (χ1) is 8.61. The third-order valence-electron chi connectivity index (χ3n) is 2.14. The quantitative estimate of drug-likeness (QED) is 0.681. The normalized spacial score (nSPS) is 10.7. The first-order valence-corrected chi connectivity index (χ1v) is 6.70. The molecule has 0 saturated heterocycles. The van der Waals surface area contributed by atoms with Gasteiger partial charge in [0, 0.05) is 0 Å². The Hall–Kier alpha value is -1.10. The Balaban J connectivity index is 2.46. The monoisotopic (exact) mass is 273 g/mol. The summed E-state index contributed by atoms with van der Waals surface area (Å²) in [5, 5.41) is 0.0872. The van der Waals surface area contributed by atoms with Crippen molar-refractivity contribution in [2.24, 2.45) is 0 Å². The van der Waals surface area contributed by atoms with E-state index in [1.54, 1.807) is 0 Å². The molecule has 0 fully saturated rings. The zero-order valence-corrected chi connectivity index (χ0v) is 11.9. The molecule has 0 amide bonds. The summed E-state index contributed by atoms with van der Waals surface area (Å²) >= 11 is 5.77. The number of ether oxygens (including phenoxy) is 2. The summed E-state index contributed by atoms with van der Waals surface area (Å²) in [5.41, 5.74) is 0. The predicted molar refractivity (Wildman–Crippen MR) is 70.2 cm³/mol. The van der Waals surface area contributed by atoms with E-state index in [4.69, 9.17) is 21.1 Å². The lowest BCUT2D eigenvalue weighted by molar-refractivity contribution is 0.212. The van der Waals surface area contributed by atoms with Crippen molar-refractivity contribution < 1.29 is 9.47 Å². The fourth-order valence-corrected chi connectivity index (χ4v) is 1.48. The minimum atomic E-state index is -0.0131. The van der Waals surface area contributed by atoms with Crippen molar-refractivity contribution in [2.45, 2.75) is 52.6 Å². The van der Waals surface area contributed by atoms with E-state index in [-0.39, 0.29) is 23.4 Å². The van der Waals surface area contributed by atoms with Crippen molar-refractivity contribution in [2.75, 3.05) is 6.61 Å². The topological polar surface area (TPSA) is 57.1 Å². The minimum absolute atomic E-state index is 0.0131.